The minimum absolute atomic E-state index is 0.0127. The monoisotopic (exact) mass is 316 g/mol. The van der Waals surface area contributed by atoms with E-state index in [1.807, 2.05) is 0 Å². The standard InChI is InChI=1S/C15H13FN4O3/c1-8-11(18-7-19-14(8)23-2)6-20-5-10(15(21)22)13-12(20)3-9(16)4-17-13/h3-5,7H,6H2,1-2H3,(H,21,22). The number of carboxylic acids is 1. The molecule has 3 aromatic rings. The van der Waals surface area contributed by atoms with E-state index < -0.39 is 11.8 Å². The molecule has 0 aliphatic carbocycles. The summed E-state index contributed by atoms with van der Waals surface area (Å²) in [6.07, 6.45) is 3.79. The Kier molecular flexibility index (Phi) is 3.65. The van der Waals surface area contributed by atoms with E-state index in [0.29, 0.717) is 17.1 Å². The van der Waals surface area contributed by atoms with Crippen LogP contribution in [0.1, 0.15) is 21.6 Å². The number of ether oxygens (including phenoxy) is 1. The average molecular weight is 316 g/mol. The van der Waals surface area contributed by atoms with E-state index >= 15 is 0 Å². The molecule has 0 aromatic carbocycles. The van der Waals surface area contributed by atoms with Gasteiger partial charge in [-0.25, -0.2) is 19.2 Å². The van der Waals surface area contributed by atoms with Crippen molar-refractivity contribution in [3.8, 4) is 5.88 Å². The molecular weight excluding hydrogens is 303 g/mol. The molecular formula is C15H13FN4O3. The molecule has 8 heteroatoms. The van der Waals surface area contributed by atoms with Crippen LogP contribution in [0.25, 0.3) is 11.0 Å². The first-order valence-electron chi connectivity index (χ1n) is 6.73. The van der Waals surface area contributed by atoms with Gasteiger partial charge in [-0.15, -0.1) is 0 Å². The molecule has 118 valence electrons. The zero-order valence-electron chi connectivity index (χ0n) is 12.4. The quantitative estimate of drug-likeness (QED) is 0.792. The van der Waals surface area contributed by atoms with Crippen molar-refractivity contribution in [1.82, 2.24) is 19.5 Å². The van der Waals surface area contributed by atoms with E-state index in [0.717, 1.165) is 11.8 Å². The lowest BCUT2D eigenvalue weighted by molar-refractivity contribution is 0.0698. The van der Waals surface area contributed by atoms with Gasteiger partial charge in [-0.3, -0.25) is 4.98 Å². The predicted octanol–water partition coefficient (Wildman–Crippen LogP) is 2.03. The lowest BCUT2D eigenvalue weighted by Crippen LogP contribution is -2.05. The van der Waals surface area contributed by atoms with E-state index in [-0.39, 0.29) is 17.6 Å². The molecule has 0 aliphatic rings. The van der Waals surface area contributed by atoms with Crippen LogP contribution in [0.3, 0.4) is 0 Å². The fraction of sp³-hybridized carbons (Fsp3) is 0.200. The van der Waals surface area contributed by atoms with Gasteiger partial charge in [0.15, 0.2) is 0 Å². The van der Waals surface area contributed by atoms with E-state index in [4.69, 9.17) is 4.74 Å². The highest BCUT2D eigenvalue weighted by Gasteiger charge is 2.17. The number of pyridine rings is 1. The van der Waals surface area contributed by atoms with Gasteiger partial charge < -0.3 is 14.4 Å². The summed E-state index contributed by atoms with van der Waals surface area (Å²) in [4.78, 5) is 23.4. The predicted molar refractivity (Wildman–Crippen MR) is 79.1 cm³/mol. The molecule has 3 rings (SSSR count). The van der Waals surface area contributed by atoms with Gasteiger partial charge in [0.05, 0.1) is 31.1 Å². The number of fused-ring (bicyclic) bond motifs is 1. The smallest absolute Gasteiger partial charge is 0.339 e. The van der Waals surface area contributed by atoms with Gasteiger partial charge in [0.2, 0.25) is 5.88 Å². The number of hydrogen-bond donors (Lipinski definition) is 1. The Morgan fingerprint density at radius 1 is 1.39 bits per heavy atom. The van der Waals surface area contributed by atoms with Crippen LogP contribution >= 0.6 is 0 Å². The molecule has 0 amide bonds. The summed E-state index contributed by atoms with van der Waals surface area (Å²) in [5.41, 5.74) is 2.02. The van der Waals surface area contributed by atoms with Crippen LogP contribution in [0, 0.1) is 12.7 Å². The zero-order chi connectivity index (χ0) is 16.6. The highest BCUT2D eigenvalue weighted by Crippen LogP contribution is 2.23. The molecule has 0 unspecified atom stereocenters. The minimum atomic E-state index is -1.12. The van der Waals surface area contributed by atoms with Crippen LogP contribution in [0.4, 0.5) is 4.39 Å². The molecule has 0 aliphatic heterocycles. The molecule has 1 N–H and O–H groups in total. The van der Waals surface area contributed by atoms with Crippen LogP contribution in [-0.4, -0.2) is 37.7 Å². The zero-order valence-corrected chi connectivity index (χ0v) is 12.4. The summed E-state index contributed by atoms with van der Waals surface area (Å²) in [5, 5.41) is 9.28. The Morgan fingerprint density at radius 3 is 2.87 bits per heavy atom. The van der Waals surface area contributed by atoms with Crippen LogP contribution < -0.4 is 4.74 Å². The van der Waals surface area contributed by atoms with Gasteiger partial charge in [-0.2, -0.15) is 0 Å². The maximum absolute atomic E-state index is 13.5. The van der Waals surface area contributed by atoms with Gasteiger partial charge in [0, 0.05) is 17.8 Å². The number of aromatic nitrogens is 4. The van der Waals surface area contributed by atoms with Crippen molar-refractivity contribution in [3.63, 3.8) is 0 Å². The van der Waals surface area contributed by atoms with Crippen molar-refractivity contribution in [2.24, 2.45) is 0 Å². The normalized spacial score (nSPS) is 10.9. The molecule has 0 radical (unpaired) electrons. The Hall–Kier alpha value is -3.03. The topological polar surface area (TPSA) is 90.1 Å². The number of methoxy groups -OCH3 is 1. The number of rotatable bonds is 4. The molecule has 3 aromatic heterocycles. The van der Waals surface area contributed by atoms with Gasteiger partial charge >= 0.3 is 5.97 Å². The fourth-order valence-corrected chi connectivity index (χ4v) is 2.42. The number of carbonyl (C=O) groups is 1. The molecule has 0 spiro atoms. The third-order valence-corrected chi connectivity index (χ3v) is 3.57. The number of halogens is 1. The second kappa shape index (κ2) is 5.64. The highest BCUT2D eigenvalue weighted by molar-refractivity contribution is 6.01. The van der Waals surface area contributed by atoms with E-state index in [1.165, 1.54) is 25.7 Å². The van der Waals surface area contributed by atoms with Crippen molar-refractivity contribution in [1.29, 1.82) is 0 Å². The minimum Gasteiger partial charge on any atom is -0.481 e. The number of aromatic carboxylic acids is 1. The highest BCUT2D eigenvalue weighted by atomic mass is 19.1. The first-order chi connectivity index (χ1) is 11.0. The summed E-state index contributed by atoms with van der Waals surface area (Å²) in [7, 11) is 1.51. The van der Waals surface area contributed by atoms with Gasteiger partial charge in [-0.05, 0) is 6.92 Å². The Bertz CT molecular complexity index is 907. The number of carboxylic acid groups (broad SMARTS) is 1. The summed E-state index contributed by atoms with van der Waals surface area (Å²) < 4.78 is 20.2. The summed E-state index contributed by atoms with van der Waals surface area (Å²) >= 11 is 0. The molecule has 0 fully saturated rings. The van der Waals surface area contributed by atoms with Crippen LogP contribution in [0.15, 0.2) is 24.8 Å². The average Bonchev–Trinajstić information content (AvgIpc) is 2.87. The van der Waals surface area contributed by atoms with Crippen LogP contribution in [0.5, 0.6) is 5.88 Å². The van der Waals surface area contributed by atoms with Crippen LogP contribution in [0.2, 0.25) is 0 Å². The Morgan fingerprint density at radius 2 is 2.17 bits per heavy atom. The van der Waals surface area contributed by atoms with Gasteiger partial charge in [0.1, 0.15) is 23.2 Å². The van der Waals surface area contributed by atoms with Gasteiger partial charge in [-0.1, -0.05) is 0 Å². The molecule has 3 heterocycles. The SMILES string of the molecule is COc1ncnc(Cn2cc(C(=O)O)c3ncc(F)cc32)c1C. The third kappa shape index (κ3) is 2.59. The third-order valence-electron chi connectivity index (χ3n) is 3.57. The Balaban J connectivity index is 2.14. The number of nitrogens with zero attached hydrogens (tertiary/aromatic N) is 4. The fourth-order valence-electron chi connectivity index (χ4n) is 2.42. The second-order valence-corrected chi connectivity index (χ2v) is 4.95. The van der Waals surface area contributed by atoms with Crippen molar-refractivity contribution in [2.45, 2.75) is 13.5 Å². The maximum atomic E-state index is 13.5. The molecule has 0 saturated heterocycles. The lowest BCUT2D eigenvalue weighted by atomic mass is 10.2. The molecule has 0 bridgehead atoms. The van der Waals surface area contributed by atoms with E-state index in [1.54, 1.807) is 11.5 Å². The summed E-state index contributed by atoms with van der Waals surface area (Å²) in [5.74, 6) is -1.22. The van der Waals surface area contributed by atoms with E-state index in [2.05, 4.69) is 15.0 Å². The first-order valence-corrected chi connectivity index (χ1v) is 6.73. The van der Waals surface area contributed by atoms with Crippen molar-refractivity contribution >= 4 is 17.0 Å². The molecule has 0 atom stereocenters. The van der Waals surface area contributed by atoms with Crippen molar-refractivity contribution in [3.05, 3.63) is 47.4 Å². The molecule has 0 saturated carbocycles. The maximum Gasteiger partial charge on any atom is 0.339 e. The Labute approximate surface area is 130 Å². The van der Waals surface area contributed by atoms with Gasteiger partial charge in [0.25, 0.3) is 0 Å². The second-order valence-electron chi connectivity index (χ2n) is 4.95. The van der Waals surface area contributed by atoms with Crippen molar-refractivity contribution in [2.75, 3.05) is 7.11 Å². The summed E-state index contributed by atoms with van der Waals surface area (Å²) in [6, 6.07) is 1.25. The molecule has 7 nitrogen and oxygen atoms in total. The molecule has 23 heavy (non-hydrogen) atoms. The summed E-state index contributed by atoms with van der Waals surface area (Å²) in [6.45, 7) is 2.05. The number of hydrogen-bond acceptors (Lipinski definition) is 5. The van der Waals surface area contributed by atoms with Crippen molar-refractivity contribution < 1.29 is 19.0 Å². The largest absolute Gasteiger partial charge is 0.481 e. The van der Waals surface area contributed by atoms with E-state index in [9.17, 15) is 14.3 Å². The first kappa shape index (κ1) is 14.9. The lowest BCUT2D eigenvalue weighted by Gasteiger charge is -2.09. The van der Waals surface area contributed by atoms with Crippen LogP contribution in [-0.2, 0) is 6.54 Å².